The lowest BCUT2D eigenvalue weighted by atomic mass is 9.88. The molecule has 0 fully saturated rings. The first-order valence-electron chi connectivity index (χ1n) is 6.46. The van der Waals surface area contributed by atoms with Crippen LogP contribution in [-0.2, 0) is 6.54 Å². The van der Waals surface area contributed by atoms with Crippen LogP contribution >= 0.6 is 0 Å². The van der Waals surface area contributed by atoms with Crippen LogP contribution in [0, 0.1) is 23.0 Å². The Morgan fingerprint density at radius 3 is 2.53 bits per heavy atom. The summed E-state index contributed by atoms with van der Waals surface area (Å²) in [5.74, 6) is 0.671. The highest BCUT2D eigenvalue weighted by atomic mass is 16.6. The van der Waals surface area contributed by atoms with Crippen LogP contribution in [-0.4, -0.2) is 26.8 Å². The molecule has 0 amide bonds. The second-order valence-electron chi connectivity index (χ2n) is 5.26. The van der Waals surface area contributed by atoms with Crippen molar-refractivity contribution in [2.75, 3.05) is 11.9 Å². The van der Waals surface area contributed by atoms with E-state index in [-0.39, 0.29) is 11.6 Å². The number of nitrogens with two attached hydrogens (primary N) is 1. The summed E-state index contributed by atoms with van der Waals surface area (Å²) in [7, 11) is 0. The van der Waals surface area contributed by atoms with Gasteiger partial charge in [0.2, 0.25) is 5.82 Å². The van der Waals surface area contributed by atoms with Gasteiger partial charge in [0.15, 0.2) is 0 Å². The van der Waals surface area contributed by atoms with Gasteiger partial charge in [-0.1, -0.05) is 13.8 Å². The lowest BCUT2D eigenvalue weighted by Crippen LogP contribution is -2.47. The van der Waals surface area contributed by atoms with Gasteiger partial charge in [-0.25, -0.2) is 4.68 Å². The first kappa shape index (κ1) is 15.4. The summed E-state index contributed by atoms with van der Waals surface area (Å²) in [5.41, 5.74) is 5.85. The zero-order valence-corrected chi connectivity index (χ0v) is 12.2. The molecular formula is C12H23N5O2. The molecule has 19 heavy (non-hydrogen) atoms. The van der Waals surface area contributed by atoms with Crippen molar-refractivity contribution in [1.29, 1.82) is 0 Å². The number of rotatable bonds is 6. The Bertz CT molecular complexity index is 469. The Labute approximate surface area is 113 Å². The molecule has 1 heterocycles. The van der Waals surface area contributed by atoms with Gasteiger partial charge in [-0.3, -0.25) is 10.1 Å². The molecule has 0 aromatic carbocycles. The van der Waals surface area contributed by atoms with Gasteiger partial charge in [-0.05, 0) is 26.7 Å². The van der Waals surface area contributed by atoms with Crippen LogP contribution in [0.2, 0.25) is 0 Å². The number of nitrogens with zero attached hydrogens (tertiary/aromatic N) is 3. The molecule has 108 valence electrons. The number of aromatic nitrogens is 2. The van der Waals surface area contributed by atoms with Crippen LogP contribution < -0.4 is 11.1 Å². The normalized spacial score (nSPS) is 14.5. The fourth-order valence-corrected chi connectivity index (χ4v) is 1.84. The minimum Gasteiger partial charge on any atom is -0.358 e. The Hall–Kier alpha value is -1.63. The Kier molecular flexibility index (Phi) is 4.52. The average Bonchev–Trinajstić information content (AvgIpc) is 2.64. The fourth-order valence-electron chi connectivity index (χ4n) is 1.84. The van der Waals surface area contributed by atoms with Crippen molar-refractivity contribution in [2.45, 2.75) is 46.7 Å². The zero-order chi connectivity index (χ0) is 14.8. The highest BCUT2D eigenvalue weighted by Crippen LogP contribution is 2.32. The van der Waals surface area contributed by atoms with Crippen LogP contribution in [0.5, 0.6) is 0 Å². The third-order valence-corrected chi connectivity index (χ3v) is 3.68. The molecule has 1 aromatic rings. The Morgan fingerprint density at radius 1 is 1.58 bits per heavy atom. The number of nitrogens with one attached hydrogen (secondary N) is 1. The van der Waals surface area contributed by atoms with Crippen molar-refractivity contribution < 1.29 is 4.92 Å². The predicted molar refractivity (Wildman–Crippen MR) is 75.2 cm³/mol. The maximum absolute atomic E-state index is 11.2. The van der Waals surface area contributed by atoms with Crippen molar-refractivity contribution in [1.82, 2.24) is 9.78 Å². The van der Waals surface area contributed by atoms with Crippen LogP contribution in [0.1, 0.15) is 33.4 Å². The van der Waals surface area contributed by atoms with E-state index in [1.165, 1.54) is 0 Å². The monoisotopic (exact) mass is 269 g/mol. The molecular weight excluding hydrogens is 246 g/mol. The molecule has 0 aliphatic rings. The molecule has 0 radical (unpaired) electrons. The average molecular weight is 269 g/mol. The van der Waals surface area contributed by atoms with E-state index in [4.69, 9.17) is 5.73 Å². The predicted octanol–water partition coefficient (Wildman–Crippen LogP) is 1.90. The standard InChI is InChI=1S/C12H23N5O2/c1-6-16-11(10(17(18)19)9(4)15-16)14-12(5,7-13)8(2)3/h8,14H,6-7,13H2,1-5H3. The summed E-state index contributed by atoms with van der Waals surface area (Å²) in [5, 5.41) is 18.6. The van der Waals surface area contributed by atoms with E-state index in [1.807, 2.05) is 27.7 Å². The van der Waals surface area contributed by atoms with Crippen LogP contribution in [0.4, 0.5) is 11.5 Å². The number of hydrogen-bond acceptors (Lipinski definition) is 5. The van der Waals surface area contributed by atoms with Gasteiger partial charge in [0, 0.05) is 13.1 Å². The molecule has 0 bridgehead atoms. The van der Waals surface area contributed by atoms with Crippen LogP contribution in [0.25, 0.3) is 0 Å². The summed E-state index contributed by atoms with van der Waals surface area (Å²) in [6, 6.07) is 0. The van der Waals surface area contributed by atoms with Crippen LogP contribution in [0.3, 0.4) is 0 Å². The molecule has 1 unspecified atom stereocenters. The molecule has 3 N–H and O–H groups in total. The molecule has 0 aliphatic carbocycles. The minimum absolute atomic E-state index is 0.0298. The van der Waals surface area contributed by atoms with Gasteiger partial charge in [0.1, 0.15) is 5.69 Å². The van der Waals surface area contributed by atoms with E-state index in [9.17, 15) is 10.1 Å². The summed E-state index contributed by atoms with van der Waals surface area (Å²) in [4.78, 5) is 10.8. The van der Waals surface area contributed by atoms with Gasteiger partial charge < -0.3 is 11.1 Å². The maximum Gasteiger partial charge on any atom is 0.333 e. The van der Waals surface area contributed by atoms with E-state index >= 15 is 0 Å². The third-order valence-electron chi connectivity index (χ3n) is 3.68. The molecule has 0 spiro atoms. The molecule has 0 aliphatic heterocycles. The lowest BCUT2D eigenvalue weighted by Gasteiger charge is -2.34. The van der Waals surface area contributed by atoms with Crippen LogP contribution in [0.15, 0.2) is 0 Å². The fraction of sp³-hybridized carbons (Fsp3) is 0.750. The van der Waals surface area contributed by atoms with E-state index < -0.39 is 10.5 Å². The SMILES string of the molecule is CCn1nc(C)c([N+](=O)[O-])c1NC(C)(CN)C(C)C. The van der Waals surface area contributed by atoms with E-state index in [0.717, 1.165) is 0 Å². The summed E-state index contributed by atoms with van der Waals surface area (Å²) in [6.07, 6.45) is 0. The van der Waals surface area contributed by atoms with E-state index in [0.29, 0.717) is 24.6 Å². The summed E-state index contributed by atoms with van der Waals surface area (Å²) < 4.78 is 1.61. The highest BCUT2D eigenvalue weighted by molar-refractivity contribution is 5.60. The topological polar surface area (TPSA) is 99.0 Å². The molecule has 1 rings (SSSR count). The second-order valence-corrected chi connectivity index (χ2v) is 5.26. The molecule has 1 aromatic heterocycles. The number of anilines is 1. The van der Waals surface area contributed by atoms with Crippen molar-refractivity contribution >= 4 is 11.5 Å². The van der Waals surface area contributed by atoms with Gasteiger partial charge in [-0.15, -0.1) is 0 Å². The van der Waals surface area contributed by atoms with Crippen molar-refractivity contribution in [3.05, 3.63) is 15.8 Å². The molecule has 7 nitrogen and oxygen atoms in total. The molecule has 7 heteroatoms. The van der Waals surface area contributed by atoms with Crippen molar-refractivity contribution in [3.63, 3.8) is 0 Å². The molecule has 0 saturated heterocycles. The van der Waals surface area contributed by atoms with Crippen molar-refractivity contribution in [2.24, 2.45) is 11.7 Å². The number of aryl methyl sites for hydroxylation is 2. The maximum atomic E-state index is 11.2. The Balaban J connectivity index is 3.29. The second kappa shape index (κ2) is 5.56. The smallest absolute Gasteiger partial charge is 0.333 e. The first-order chi connectivity index (χ1) is 8.76. The highest BCUT2D eigenvalue weighted by Gasteiger charge is 2.33. The minimum atomic E-state index is -0.413. The van der Waals surface area contributed by atoms with Crippen molar-refractivity contribution in [3.8, 4) is 0 Å². The molecule has 1 atom stereocenters. The quantitative estimate of drug-likeness (QED) is 0.607. The number of hydrogen-bond donors (Lipinski definition) is 2. The zero-order valence-electron chi connectivity index (χ0n) is 12.2. The van der Waals surface area contributed by atoms with Gasteiger partial charge in [0.25, 0.3) is 0 Å². The van der Waals surface area contributed by atoms with Gasteiger partial charge in [-0.2, -0.15) is 5.10 Å². The molecule has 0 saturated carbocycles. The van der Waals surface area contributed by atoms with Gasteiger partial charge in [0.05, 0.1) is 10.5 Å². The largest absolute Gasteiger partial charge is 0.358 e. The van der Waals surface area contributed by atoms with Gasteiger partial charge >= 0.3 is 5.69 Å². The van der Waals surface area contributed by atoms with E-state index in [1.54, 1.807) is 11.6 Å². The third kappa shape index (κ3) is 2.86. The Morgan fingerprint density at radius 2 is 2.16 bits per heavy atom. The number of nitro groups is 1. The summed E-state index contributed by atoms with van der Waals surface area (Å²) in [6.45, 7) is 10.5. The first-order valence-corrected chi connectivity index (χ1v) is 6.46. The lowest BCUT2D eigenvalue weighted by molar-refractivity contribution is -0.384. The van der Waals surface area contributed by atoms with E-state index in [2.05, 4.69) is 10.4 Å². The summed E-state index contributed by atoms with van der Waals surface area (Å²) >= 11 is 0.